The van der Waals surface area contributed by atoms with E-state index in [1.807, 2.05) is 12.3 Å². The second-order valence-electron chi connectivity index (χ2n) is 4.20. The third kappa shape index (κ3) is 2.03. The van der Waals surface area contributed by atoms with Crippen LogP contribution in [0.2, 0.25) is 0 Å². The van der Waals surface area contributed by atoms with Gasteiger partial charge in [-0.05, 0) is 28.1 Å². The van der Waals surface area contributed by atoms with Gasteiger partial charge in [-0.2, -0.15) is 0 Å². The molecular formula is C13H14BrN3. The quantitative estimate of drug-likeness (QED) is 0.875. The molecule has 0 atom stereocenters. The van der Waals surface area contributed by atoms with Crippen LogP contribution in [0.3, 0.4) is 0 Å². The summed E-state index contributed by atoms with van der Waals surface area (Å²) in [5.41, 5.74) is 2.33. The summed E-state index contributed by atoms with van der Waals surface area (Å²) in [4.78, 5) is 6.87. The molecule has 2 heterocycles. The van der Waals surface area contributed by atoms with Crippen LogP contribution < -0.4 is 10.2 Å². The lowest BCUT2D eigenvalue weighted by atomic mass is 10.1. The average Bonchev–Trinajstić information content (AvgIpc) is 2.40. The number of aromatic nitrogens is 1. The second kappa shape index (κ2) is 4.63. The molecule has 1 aromatic carbocycles. The molecule has 88 valence electrons. The number of benzene rings is 1. The predicted molar refractivity (Wildman–Crippen MR) is 74.5 cm³/mol. The first-order chi connectivity index (χ1) is 8.36. The Hall–Kier alpha value is -1.13. The number of hydrogen-bond acceptors (Lipinski definition) is 3. The maximum Gasteiger partial charge on any atom is 0.0864 e. The Bertz CT molecular complexity index is 535. The van der Waals surface area contributed by atoms with Gasteiger partial charge in [-0.1, -0.05) is 12.1 Å². The molecule has 0 amide bonds. The summed E-state index contributed by atoms with van der Waals surface area (Å²) in [6.45, 7) is 4.23. The van der Waals surface area contributed by atoms with E-state index in [-0.39, 0.29) is 0 Å². The summed E-state index contributed by atoms with van der Waals surface area (Å²) < 4.78 is 1.06. The smallest absolute Gasteiger partial charge is 0.0864 e. The van der Waals surface area contributed by atoms with Crippen LogP contribution in [0.25, 0.3) is 10.9 Å². The molecule has 1 fully saturated rings. The highest BCUT2D eigenvalue weighted by atomic mass is 79.9. The van der Waals surface area contributed by atoms with Crippen LogP contribution in [-0.2, 0) is 0 Å². The molecule has 0 aliphatic carbocycles. The molecule has 3 rings (SSSR count). The molecule has 0 unspecified atom stereocenters. The predicted octanol–water partition coefficient (Wildman–Crippen LogP) is 2.41. The Morgan fingerprint density at radius 3 is 2.82 bits per heavy atom. The highest BCUT2D eigenvalue weighted by molar-refractivity contribution is 9.10. The van der Waals surface area contributed by atoms with E-state index in [1.54, 1.807) is 0 Å². The molecule has 4 heteroatoms. The highest BCUT2D eigenvalue weighted by Gasteiger charge is 2.13. The summed E-state index contributed by atoms with van der Waals surface area (Å²) in [7, 11) is 0. The van der Waals surface area contributed by atoms with Crippen LogP contribution in [0, 0.1) is 0 Å². The summed E-state index contributed by atoms with van der Waals surface area (Å²) >= 11 is 3.56. The molecule has 1 N–H and O–H groups in total. The Morgan fingerprint density at radius 1 is 1.18 bits per heavy atom. The molecule has 3 nitrogen and oxygen atoms in total. The van der Waals surface area contributed by atoms with Crippen LogP contribution in [0.5, 0.6) is 0 Å². The number of nitrogens with zero attached hydrogens (tertiary/aromatic N) is 2. The van der Waals surface area contributed by atoms with Gasteiger partial charge in [0.2, 0.25) is 0 Å². The van der Waals surface area contributed by atoms with Gasteiger partial charge in [0.25, 0.3) is 0 Å². The van der Waals surface area contributed by atoms with E-state index >= 15 is 0 Å². The fraction of sp³-hybridized carbons (Fsp3) is 0.308. The summed E-state index contributed by atoms with van der Waals surface area (Å²) in [6, 6.07) is 8.36. The molecule has 1 aliphatic heterocycles. The fourth-order valence-corrected chi connectivity index (χ4v) is 2.78. The van der Waals surface area contributed by atoms with Crippen molar-refractivity contribution in [2.75, 3.05) is 31.1 Å². The average molecular weight is 292 g/mol. The van der Waals surface area contributed by atoms with Gasteiger partial charge in [-0.15, -0.1) is 0 Å². The van der Waals surface area contributed by atoms with Crippen molar-refractivity contribution in [1.82, 2.24) is 10.3 Å². The molecule has 0 spiro atoms. The number of piperazine rings is 1. The maximum atomic E-state index is 4.45. The number of pyridine rings is 1. The molecule has 0 radical (unpaired) electrons. The number of hydrogen-bond donors (Lipinski definition) is 1. The number of anilines is 1. The van der Waals surface area contributed by atoms with E-state index in [1.165, 1.54) is 11.1 Å². The normalized spacial score (nSPS) is 16.4. The summed E-state index contributed by atoms with van der Waals surface area (Å²) in [5, 5.41) is 4.60. The van der Waals surface area contributed by atoms with Gasteiger partial charge in [-0.3, -0.25) is 4.98 Å². The van der Waals surface area contributed by atoms with Crippen LogP contribution in [0.4, 0.5) is 5.69 Å². The van der Waals surface area contributed by atoms with Crippen LogP contribution in [0.15, 0.2) is 34.9 Å². The topological polar surface area (TPSA) is 28.2 Å². The number of fused-ring (bicyclic) bond motifs is 1. The summed E-state index contributed by atoms with van der Waals surface area (Å²) in [6.07, 6.45) is 1.89. The third-order valence-corrected chi connectivity index (χ3v) is 3.80. The zero-order valence-corrected chi connectivity index (χ0v) is 11.1. The van der Waals surface area contributed by atoms with Crippen molar-refractivity contribution in [2.24, 2.45) is 0 Å². The lowest BCUT2D eigenvalue weighted by Crippen LogP contribution is -2.43. The number of rotatable bonds is 1. The van der Waals surface area contributed by atoms with E-state index < -0.39 is 0 Å². The lowest BCUT2D eigenvalue weighted by molar-refractivity contribution is 0.590. The lowest BCUT2D eigenvalue weighted by Gasteiger charge is -2.30. The molecule has 1 aliphatic rings. The maximum absolute atomic E-state index is 4.45. The van der Waals surface area contributed by atoms with Crippen molar-refractivity contribution in [1.29, 1.82) is 0 Å². The Morgan fingerprint density at radius 2 is 2.00 bits per heavy atom. The van der Waals surface area contributed by atoms with Crippen molar-refractivity contribution in [3.63, 3.8) is 0 Å². The third-order valence-electron chi connectivity index (χ3n) is 3.16. The van der Waals surface area contributed by atoms with Crippen molar-refractivity contribution < 1.29 is 0 Å². The van der Waals surface area contributed by atoms with E-state index in [0.717, 1.165) is 36.2 Å². The zero-order valence-electron chi connectivity index (χ0n) is 9.49. The van der Waals surface area contributed by atoms with Crippen molar-refractivity contribution in [3.8, 4) is 0 Å². The van der Waals surface area contributed by atoms with Crippen LogP contribution in [-0.4, -0.2) is 31.2 Å². The van der Waals surface area contributed by atoms with Crippen molar-refractivity contribution in [3.05, 3.63) is 34.9 Å². The van der Waals surface area contributed by atoms with Gasteiger partial charge < -0.3 is 10.2 Å². The molecule has 1 saturated heterocycles. The zero-order chi connectivity index (χ0) is 11.7. The second-order valence-corrected chi connectivity index (χ2v) is 5.06. The first kappa shape index (κ1) is 11.0. The first-order valence-electron chi connectivity index (χ1n) is 5.85. The van der Waals surface area contributed by atoms with Crippen LogP contribution in [0.1, 0.15) is 0 Å². The SMILES string of the molecule is Brc1cccc2c(N3CCNCC3)ccnc12. The van der Waals surface area contributed by atoms with Gasteiger partial charge in [0.15, 0.2) is 0 Å². The van der Waals surface area contributed by atoms with Gasteiger partial charge in [0, 0.05) is 47.9 Å². The summed E-state index contributed by atoms with van der Waals surface area (Å²) in [5.74, 6) is 0. The largest absolute Gasteiger partial charge is 0.368 e. The molecule has 2 aromatic rings. The van der Waals surface area contributed by atoms with Crippen molar-refractivity contribution in [2.45, 2.75) is 0 Å². The molecular weight excluding hydrogens is 278 g/mol. The Balaban J connectivity index is 2.12. The fourth-order valence-electron chi connectivity index (χ4n) is 2.31. The van der Waals surface area contributed by atoms with Crippen LogP contribution >= 0.6 is 15.9 Å². The van der Waals surface area contributed by atoms with Gasteiger partial charge in [0.1, 0.15) is 0 Å². The highest BCUT2D eigenvalue weighted by Crippen LogP contribution is 2.29. The number of halogens is 1. The van der Waals surface area contributed by atoms with Gasteiger partial charge in [-0.25, -0.2) is 0 Å². The number of para-hydroxylation sites is 1. The van der Waals surface area contributed by atoms with E-state index in [4.69, 9.17) is 0 Å². The van der Waals surface area contributed by atoms with E-state index in [9.17, 15) is 0 Å². The van der Waals surface area contributed by atoms with E-state index in [0.29, 0.717) is 0 Å². The minimum atomic E-state index is 1.04. The standard InChI is InChI=1S/C13H14BrN3/c14-11-3-1-2-10-12(4-5-16-13(10)11)17-8-6-15-7-9-17/h1-5,15H,6-9H2. The molecule has 0 saturated carbocycles. The minimum Gasteiger partial charge on any atom is -0.368 e. The molecule has 0 bridgehead atoms. The Kier molecular flexibility index (Phi) is 2.99. The number of nitrogens with one attached hydrogen (secondary N) is 1. The van der Waals surface area contributed by atoms with E-state index in [2.05, 4.69) is 49.3 Å². The van der Waals surface area contributed by atoms with Crippen molar-refractivity contribution >= 4 is 32.5 Å². The molecule has 17 heavy (non-hydrogen) atoms. The minimum absolute atomic E-state index is 1.04. The Labute approximate surface area is 109 Å². The first-order valence-corrected chi connectivity index (χ1v) is 6.64. The monoisotopic (exact) mass is 291 g/mol. The molecule has 1 aromatic heterocycles. The van der Waals surface area contributed by atoms with Gasteiger partial charge in [0.05, 0.1) is 5.52 Å². The van der Waals surface area contributed by atoms with Gasteiger partial charge >= 0.3 is 0 Å².